The van der Waals surface area contributed by atoms with Crippen LogP contribution in [0.4, 0.5) is 0 Å². The maximum atomic E-state index is 10.1. The minimum Gasteiger partial charge on any atom is -0.497 e. The molecule has 90 valence electrons. The molecule has 0 fully saturated rings. The van der Waals surface area contributed by atoms with E-state index >= 15 is 0 Å². The van der Waals surface area contributed by atoms with Crippen LogP contribution < -0.4 is 4.74 Å². The van der Waals surface area contributed by atoms with Gasteiger partial charge in [-0.3, -0.25) is 0 Å². The fourth-order valence-corrected chi connectivity index (χ4v) is 3.00. The SMILES string of the molecule is COc1ccc(CC(O)c2ccc(Br)s2)cc1. The summed E-state index contributed by atoms with van der Waals surface area (Å²) in [5.41, 5.74) is 1.10. The number of methoxy groups -OCH3 is 1. The first kappa shape index (κ1) is 12.6. The zero-order valence-electron chi connectivity index (χ0n) is 9.39. The lowest BCUT2D eigenvalue weighted by Gasteiger charge is -2.09. The monoisotopic (exact) mass is 312 g/mol. The van der Waals surface area contributed by atoms with Crippen LogP contribution in [0.1, 0.15) is 16.5 Å². The Morgan fingerprint density at radius 3 is 2.47 bits per heavy atom. The van der Waals surface area contributed by atoms with Crippen LogP contribution in [0.5, 0.6) is 5.75 Å². The summed E-state index contributed by atoms with van der Waals surface area (Å²) in [5.74, 6) is 0.835. The fourth-order valence-electron chi connectivity index (χ4n) is 1.59. The van der Waals surface area contributed by atoms with E-state index in [0.717, 1.165) is 20.0 Å². The van der Waals surface area contributed by atoms with E-state index in [9.17, 15) is 5.11 Å². The molecule has 0 amide bonds. The Labute approximate surface area is 113 Å². The number of aliphatic hydroxyl groups excluding tert-OH is 1. The Bertz CT molecular complexity index is 478. The number of thiophene rings is 1. The van der Waals surface area contributed by atoms with Gasteiger partial charge in [0, 0.05) is 11.3 Å². The summed E-state index contributed by atoms with van der Waals surface area (Å²) >= 11 is 4.96. The van der Waals surface area contributed by atoms with Gasteiger partial charge in [-0.2, -0.15) is 0 Å². The molecule has 2 aromatic rings. The quantitative estimate of drug-likeness (QED) is 0.930. The maximum absolute atomic E-state index is 10.1. The molecule has 0 saturated carbocycles. The molecule has 0 aliphatic heterocycles. The second kappa shape index (κ2) is 5.67. The molecular formula is C13H13BrO2S. The van der Waals surface area contributed by atoms with Crippen LogP contribution in [-0.4, -0.2) is 12.2 Å². The van der Waals surface area contributed by atoms with E-state index in [1.165, 1.54) is 0 Å². The van der Waals surface area contributed by atoms with E-state index in [2.05, 4.69) is 15.9 Å². The molecule has 0 spiro atoms. The van der Waals surface area contributed by atoms with Crippen molar-refractivity contribution in [3.63, 3.8) is 0 Å². The summed E-state index contributed by atoms with van der Waals surface area (Å²) < 4.78 is 6.14. The Morgan fingerprint density at radius 1 is 1.24 bits per heavy atom. The molecular weight excluding hydrogens is 300 g/mol. The Morgan fingerprint density at radius 2 is 1.94 bits per heavy atom. The number of halogens is 1. The Hall–Kier alpha value is -0.840. The molecule has 1 aromatic carbocycles. The first-order valence-electron chi connectivity index (χ1n) is 5.25. The van der Waals surface area contributed by atoms with Crippen molar-refractivity contribution in [1.82, 2.24) is 0 Å². The molecule has 0 aliphatic carbocycles. The van der Waals surface area contributed by atoms with E-state index < -0.39 is 6.10 Å². The van der Waals surface area contributed by atoms with Crippen molar-refractivity contribution < 1.29 is 9.84 Å². The molecule has 17 heavy (non-hydrogen) atoms. The molecule has 0 bridgehead atoms. The number of hydrogen-bond donors (Lipinski definition) is 1. The van der Waals surface area contributed by atoms with Gasteiger partial charge in [0.1, 0.15) is 5.75 Å². The highest BCUT2D eigenvalue weighted by molar-refractivity contribution is 9.11. The van der Waals surface area contributed by atoms with Gasteiger partial charge >= 0.3 is 0 Å². The van der Waals surface area contributed by atoms with Gasteiger partial charge in [-0.25, -0.2) is 0 Å². The van der Waals surface area contributed by atoms with Crippen molar-refractivity contribution >= 4 is 27.3 Å². The second-order valence-electron chi connectivity index (χ2n) is 3.71. The summed E-state index contributed by atoms with van der Waals surface area (Å²) in [5, 5.41) is 10.1. The molecule has 1 atom stereocenters. The number of rotatable bonds is 4. The van der Waals surface area contributed by atoms with Gasteiger partial charge in [0.05, 0.1) is 17.0 Å². The van der Waals surface area contributed by atoms with Crippen LogP contribution >= 0.6 is 27.3 Å². The zero-order valence-corrected chi connectivity index (χ0v) is 11.8. The maximum Gasteiger partial charge on any atom is 0.118 e. The average molecular weight is 313 g/mol. The van der Waals surface area contributed by atoms with Crippen molar-refractivity contribution in [3.8, 4) is 5.75 Å². The van der Waals surface area contributed by atoms with E-state index in [1.54, 1.807) is 18.4 Å². The highest BCUT2D eigenvalue weighted by Crippen LogP contribution is 2.29. The predicted octanol–water partition coefficient (Wildman–Crippen LogP) is 3.80. The molecule has 0 aliphatic rings. The van der Waals surface area contributed by atoms with Crippen LogP contribution in [0.3, 0.4) is 0 Å². The molecule has 1 heterocycles. The van der Waals surface area contributed by atoms with Crippen LogP contribution in [0.2, 0.25) is 0 Å². The normalized spacial score (nSPS) is 12.4. The summed E-state index contributed by atoms with van der Waals surface area (Å²) in [7, 11) is 1.65. The topological polar surface area (TPSA) is 29.5 Å². The van der Waals surface area contributed by atoms with Gasteiger partial charge in [-0.15, -0.1) is 11.3 Å². The number of aliphatic hydroxyl groups is 1. The van der Waals surface area contributed by atoms with Crippen molar-refractivity contribution in [2.75, 3.05) is 7.11 Å². The average Bonchev–Trinajstić information content (AvgIpc) is 2.77. The van der Waals surface area contributed by atoms with E-state index in [0.29, 0.717) is 6.42 Å². The highest BCUT2D eigenvalue weighted by atomic mass is 79.9. The largest absolute Gasteiger partial charge is 0.497 e. The number of benzene rings is 1. The van der Waals surface area contributed by atoms with Gasteiger partial charge in [-0.1, -0.05) is 12.1 Å². The van der Waals surface area contributed by atoms with Crippen molar-refractivity contribution in [2.24, 2.45) is 0 Å². The number of hydrogen-bond acceptors (Lipinski definition) is 3. The van der Waals surface area contributed by atoms with Gasteiger partial charge in [0.15, 0.2) is 0 Å². The zero-order chi connectivity index (χ0) is 12.3. The molecule has 0 radical (unpaired) electrons. The molecule has 2 rings (SSSR count). The van der Waals surface area contributed by atoms with E-state index in [4.69, 9.17) is 4.74 Å². The first-order chi connectivity index (χ1) is 8.19. The van der Waals surface area contributed by atoms with Crippen molar-refractivity contribution in [1.29, 1.82) is 0 Å². The molecule has 1 unspecified atom stereocenters. The van der Waals surface area contributed by atoms with E-state index in [1.807, 2.05) is 36.4 Å². The standard InChI is InChI=1S/C13H13BrO2S/c1-16-10-4-2-9(3-5-10)8-11(15)12-6-7-13(14)17-12/h2-7,11,15H,8H2,1H3. The predicted molar refractivity (Wildman–Crippen MR) is 73.7 cm³/mol. The third-order valence-electron chi connectivity index (χ3n) is 2.51. The third-order valence-corrected chi connectivity index (χ3v) is 4.24. The number of ether oxygens (including phenoxy) is 1. The van der Waals surface area contributed by atoms with Gasteiger partial charge in [0.2, 0.25) is 0 Å². The lowest BCUT2D eigenvalue weighted by atomic mass is 10.1. The summed E-state index contributed by atoms with van der Waals surface area (Å²) in [4.78, 5) is 0.979. The van der Waals surface area contributed by atoms with Gasteiger partial charge < -0.3 is 9.84 Å². The molecule has 1 aromatic heterocycles. The third kappa shape index (κ3) is 3.31. The smallest absolute Gasteiger partial charge is 0.118 e. The minimum atomic E-state index is -0.445. The molecule has 1 N–H and O–H groups in total. The second-order valence-corrected chi connectivity index (χ2v) is 6.20. The van der Waals surface area contributed by atoms with Crippen molar-refractivity contribution in [3.05, 3.63) is 50.6 Å². The van der Waals surface area contributed by atoms with Gasteiger partial charge in [0.25, 0.3) is 0 Å². The molecule has 2 nitrogen and oxygen atoms in total. The molecule has 0 saturated heterocycles. The van der Waals surface area contributed by atoms with Crippen LogP contribution in [-0.2, 0) is 6.42 Å². The minimum absolute atomic E-state index is 0.445. The first-order valence-corrected chi connectivity index (χ1v) is 6.86. The van der Waals surface area contributed by atoms with Gasteiger partial charge in [-0.05, 0) is 45.8 Å². The van der Waals surface area contributed by atoms with Crippen LogP contribution in [0.25, 0.3) is 0 Å². The van der Waals surface area contributed by atoms with E-state index in [-0.39, 0.29) is 0 Å². The Balaban J connectivity index is 2.04. The molecule has 4 heteroatoms. The fraction of sp³-hybridized carbons (Fsp3) is 0.231. The lowest BCUT2D eigenvalue weighted by Crippen LogP contribution is -1.99. The van der Waals surface area contributed by atoms with Crippen LogP contribution in [0, 0.1) is 0 Å². The van der Waals surface area contributed by atoms with Crippen LogP contribution in [0.15, 0.2) is 40.2 Å². The lowest BCUT2D eigenvalue weighted by molar-refractivity contribution is 0.182. The summed E-state index contributed by atoms with van der Waals surface area (Å²) in [6.07, 6.45) is 0.177. The Kier molecular flexibility index (Phi) is 4.20. The summed E-state index contributed by atoms with van der Waals surface area (Å²) in [6.45, 7) is 0. The summed E-state index contributed by atoms with van der Waals surface area (Å²) in [6, 6.07) is 11.7. The highest BCUT2D eigenvalue weighted by Gasteiger charge is 2.10. The van der Waals surface area contributed by atoms with Crippen molar-refractivity contribution in [2.45, 2.75) is 12.5 Å².